The molecule has 1 N–H and O–H groups in total. The summed E-state index contributed by atoms with van der Waals surface area (Å²) in [5.74, 6) is -0.774. The van der Waals surface area contributed by atoms with Crippen molar-refractivity contribution in [2.75, 3.05) is 18.9 Å². The highest BCUT2D eigenvalue weighted by Gasteiger charge is 2.35. The molecule has 1 atom stereocenters. The number of hydroxylamine groups is 2. The first-order chi connectivity index (χ1) is 15.8. The molecule has 0 bridgehead atoms. The highest BCUT2D eigenvalue weighted by Crippen LogP contribution is 2.28. The molecule has 0 saturated heterocycles. The molecular formula is C22H25ClFN5O4. The molecule has 3 amide bonds. The molecule has 0 saturated carbocycles. The van der Waals surface area contributed by atoms with E-state index in [4.69, 9.17) is 16.4 Å². The third-order valence-electron chi connectivity index (χ3n) is 5.87. The largest absolute Gasteiger partial charge is 0.322 e. The maximum Gasteiger partial charge on any atom is 0.322 e. The Morgan fingerprint density at radius 3 is 2.88 bits per heavy atom. The van der Waals surface area contributed by atoms with Crippen molar-refractivity contribution in [1.29, 1.82) is 0 Å². The van der Waals surface area contributed by atoms with Gasteiger partial charge in [-0.2, -0.15) is 5.10 Å². The number of anilines is 1. The number of hydrogen-bond donors (Lipinski definition) is 1. The summed E-state index contributed by atoms with van der Waals surface area (Å²) >= 11 is 5.80. The molecule has 1 aromatic heterocycles. The van der Waals surface area contributed by atoms with Crippen molar-refractivity contribution in [2.45, 2.75) is 51.8 Å². The molecular weight excluding hydrogens is 453 g/mol. The molecule has 2 aromatic rings. The van der Waals surface area contributed by atoms with E-state index in [0.717, 1.165) is 5.69 Å². The lowest BCUT2D eigenvalue weighted by atomic mass is 10.0. The smallest absolute Gasteiger partial charge is 0.320 e. The molecule has 0 aliphatic carbocycles. The Bertz CT molecular complexity index is 1100. The number of halogens is 2. The number of urea groups is 1. The fourth-order valence-electron chi connectivity index (χ4n) is 4.04. The van der Waals surface area contributed by atoms with E-state index in [9.17, 15) is 18.8 Å². The fraction of sp³-hybridized carbons (Fsp3) is 0.455. The van der Waals surface area contributed by atoms with Crippen molar-refractivity contribution >= 4 is 35.0 Å². The third-order valence-corrected chi connectivity index (χ3v) is 6.16. The Kier molecular flexibility index (Phi) is 6.66. The molecule has 1 aromatic carbocycles. The Morgan fingerprint density at radius 2 is 2.15 bits per heavy atom. The van der Waals surface area contributed by atoms with Crippen LogP contribution in [0.15, 0.2) is 18.2 Å². The van der Waals surface area contributed by atoms with Crippen LogP contribution in [0, 0.1) is 5.82 Å². The standard InChI is InChI=1S/C22H25ClFN5O4/c1-3-14(30)5-6-15-11-29-20(21(31)27(2)33-15)16-12-28(9-8-19(16)26-29)22(32)25-13-4-7-18(24)17(23)10-13/h4,7,10,15H,3,5-6,8-9,11-12H2,1-2H3,(H,25,32). The first-order valence-corrected chi connectivity index (χ1v) is 11.2. The zero-order valence-corrected chi connectivity index (χ0v) is 19.2. The van der Waals surface area contributed by atoms with Crippen LogP contribution >= 0.6 is 11.6 Å². The van der Waals surface area contributed by atoms with Crippen LogP contribution < -0.4 is 5.32 Å². The number of fused-ring (bicyclic) bond motifs is 3. The van der Waals surface area contributed by atoms with E-state index in [1.165, 1.54) is 30.3 Å². The van der Waals surface area contributed by atoms with Gasteiger partial charge in [0.15, 0.2) is 0 Å². The second-order valence-corrected chi connectivity index (χ2v) is 8.55. The minimum atomic E-state index is -0.568. The van der Waals surface area contributed by atoms with E-state index in [1.54, 1.807) is 9.58 Å². The number of amides is 3. The molecule has 0 fully saturated rings. The summed E-state index contributed by atoms with van der Waals surface area (Å²) in [5, 5.41) is 8.43. The number of carbonyl (C=O) groups excluding carboxylic acids is 3. The van der Waals surface area contributed by atoms with Gasteiger partial charge in [-0.15, -0.1) is 0 Å². The summed E-state index contributed by atoms with van der Waals surface area (Å²) in [5.41, 5.74) is 2.21. The molecule has 4 rings (SSSR count). The molecule has 33 heavy (non-hydrogen) atoms. The van der Waals surface area contributed by atoms with Crippen molar-refractivity contribution < 1.29 is 23.6 Å². The number of carbonyl (C=O) groups is 3. The van der Waals surface area contributed by atoms with E-state index in [1.807, 2.05) is 6.92 Å². The number of ketones is 1. The average Bonchev–Trinajstić information content (AvgIpc) is 3.10. The van der Waals surface area contributed by atoms with E-state index >= 15 is 0 Å². The molecule has 0 spiro atoms. The lowest BCUT2D eigenvalue weighted by Crippen LogP contribution is -2.39. The number of nitrogens with one attached hydrogen (secondary N) is 1. The molecule has 2 aliphatic rings. The van der Waals surface area contributed by atoms with Gasteiger partial charge >= 0.3 is 6.03 Å². The molecule has 176 valence electrons. The molecule has 2 aliphatic heterocycles. The van der Waals surface area contributed by atoms with E-state index < -0.39 is 5.82 Å². The van der Waals surface area contributed by atoms with Crippen LogP contribution in [-0.2, 0) is 29.1 Å². The zero-order chi connectivity index (χ0) is 23.7. The number of aromatic nitrogens is 2. The Morgan fingerprint density at radius 1 is 1.36 bits per heavy atom. The quantitative estimate of drug-likeness (QED) is 0.711. The van der Waals surface area contributed by atoms with Gasteiger partial charge in [-0.3, -0.25) is 19.1 Å². The van der Waals surface area contributed by atoms with Gasteiger partial charge in [0, 0.05) is 44.1 Å². The Balaban J connectivity index is 1.52. The van der Waals surface area contributed by atoms with Crippen LogP contribution in [-0.4, -0.2) is 57.2 Å². The van der Waals surface area contributed by atoms with Crippen molar-refractivity contribution in [3.05, 3.63) is 46.0 Å². The first-order valence-electron chi connectivity index (χ1n) is 10.8. The van der Waals surface area contributed by atoms with Crippen LogP contribution in [0.2, 0.25) is 5.02 Å². The van der Waals surface area contributed by atoms with Gasteiger partial charge in [0.1, 0.15) is 23.4 Å². The highest BCUT2D eigenvalue weighted by molar-refractivity contribution is 6.31. The van der Waals surface area contributed by atoms with Gasteiger partial charge in [-0.1, -0.05) is 18.5 Å². The lowest BCUT2D eigenvalue weighted by molar-refractivity contribution is -0.152. The zero-order valence-electron chi connectivity index (χ0n) is 18.4. The lowest BCUT2D eigenvalue weighted by Gasteiger charge is -2.27. The van der Waals surface area contributed by atoms with Gasteiger partial charge in [0.2, 0.25) is 0 Å². The number of hydrogen-bond acceptors (Lipinski definition) is 5. The van der Waals surface area contributed by atoms with Crippen molar-refractivity contribution in [1.82, 2.24) is 19.7 Å². The van der Waals surface area contributed by atoms with Gasteiger partial charge in [0.25, 0.3) is 5.91 Å². The van der Waals surface area contributed by atoms with Gasteiger partial charge < -0.3 is 10.2 Å². The predicted octanol–water partition coefficient (Wildman–Crippen LogP) is 3.41. The van der Waals surface area contributed by atoms with Gasteiger partial charge in [0.05, 0.1) is 23.8 Å². The van der Waals surface area contributed by atoms with Crippen molar-refractivity contribution in [2.24, 2.45) is 0 Å². The van der Waals surface area contributed by atoms with Crippen molar-refractivity contribution in [3.63, 3.8) is 0 Å². The first kappa shape index (κ1) is 23.2. The highest BCUT2D eigenvalue weighted by atomic mass is 35.5. The summed E-state index contributed by atoms with van der Waals surface area (Å²) < 4.78 is 15.0. The van der Waals surface area contributed by atoms with Crippen molar-refractivity contribution in [3.8, 4) is 0 Å². The fourth-order valence-corrected chi connectivity index (χ4v) is 4.22. The normalized spacial score (nSPS) is 17.9. The maximum atomic E-state index is 13.4. The van der Waals surface area contributed by atoms with E-state index in [2.05, 4.69) is 10.4 Å². The maximum absolute atomic E-state index is 13.4. The average molecular weight is 478 g/mol. The molecule has 11 heteroatoms. The van der Waals surface area contributed by atoms with Crippen LogP contribution in [0.3, 0.4) is 0 Å². The second kappa shape index (κ2) is 9.48. The van der Waals surface area contributed by atoms with Gasteiger partial charge in [-0.25, -0.2) is 14.2 Å². The summed E-state index contributed by atoms with van der Waals surface area (Å²) in [6, 6.07) is 3.57. The second-order valence-electron chi connectivity index (χ2n) is 8.15. The topological polar surface area (TPSA) is 96.8 Å². The monoisotopic (exact) mass is 477 g/mol. The third kappa shape index (κ3) is 4.86. The summed E-state index contributed by atoms with van der Waals surface area (Å²) in [6.45, 7) is 2.77. The number of benzene rings is 1. The van der Waals surface area contributed by atoms with E-state index in [0.29, 0.717) is 55.7 Å². The molecule has 0 radical (unpaired) electrons. The minimum absolute atomic E-state index is 0.0838. The summed E-state index contributed by atoms with van der Waals surface area (Å²) in [4.78, 5) is 44.9. The molecule has 9 nitrogen and oxygen atoms in total. The van der Waals surface area contributed by atoms with E-state index in [-0.39, 0.29) is 35.4 Å². The predicted molar refractivity (Wildman–Crippen MR) is 118 cm³/mol. The Hall–Kier alpha value is -2.98. The van der Waals surface area contributed by atoms with Crippen LogP contribution in [0.1, 0.15) is 47.9 Å². The van der Waals surface area contributed by atoms with Crippen LogP contribution in [0.25, 0.3) is 0 Å². The minimum Gasteiger partial charge on any atom is -0.320 e. The summed E-state index contributed by atoms with van der Waals surface area (Å²) in [6.07, 6.45) is 1.46. The van der Waals surface area contributed by atoms with Gasteiger partial charge in [-0.05, 0) is 24.6 Å². The number of rotatable bonds is 5. The molecule has 1 unspecified atom stereocenters. The Labute approximate surface area is 195 Å². The van der Waals surface area contributed by atoms with Crippen LogP contribution in [0.4, 0.5) is 14.9 Å². The SMILES string of the molecule is CCC(=O)CCC1Cn2nc3c(c2C(=O)N(C)O1)CN(C(=O)Nc1ccc(F)c(Cl)c1)CC3. The summed E-state index contributed by atoms with van der Waals surface area (Å²) in [7, 11) is 1.54. The number of Topliss-reactive ketones (excluding diaryl/α,β-unsaturated/α-hetero) is 1. The van der Waals surface area contributed by atoms with Crippen LogP contribution in [0.5, 0.6) is 0 Å². The molecule has 3 heterocycles. The number of nitrogens with zero attached hydrogens (tertiary/aromatic N) is 4.